The molecule has 3 nitrogen and oxygen atoms in total. The first-order chi connectivity index (χ1) is 29.7. The summed E-state index contributed by atoms with van der Waals surface area (Å²) in [5.74, 6) is 0.621. The quantitative estimate of drug-likeness (QED) is 0.154. The normalized spacial score (nSPS) is 11.3. The molecular weight excluding hydrogens is 729 g/mol. The summed E-state index contributed by atoms with van der Waals surface area (Å²) in [6, 6.07) is 81.8. The van der Waals surface area contributed by atoms with Gasteiger partial charge in [0.15, 0.2) is 5.58 Å². The maximum atomic E-state index is 6.56. The molecule has 0 fully saturated rings. The van der Waals surface area contributed by atoms with E-state index in [1.54, 1.807) is 0 Å². The van der Waals surface area contributed by atoms with Crippen LogP contribution in [0.2, 0.25) is 0 Å². The minimum absolute atomic E-state index is 0.621. The second-order valence-corrected chi connectivity index (χ2v) is 15.1. The molecule has 0 aliphatic heterocycles. The monoisotopic (exact) mass is 766 g/mol. The van der Waals surface area contributed by atoms with Gasteiger partial charge in [0.05, 0.1) is 0 Å². The van der Waals surface area contributed by atoms with Crippen molar-refractivity contribution in [2.24, 2.45) is 0 Å². The van der Waals surface area contributed by atoms with Crippen molar-refractivity contribution < 1.29 is 4.42 Å². The molecule has 0 N–H and O–H groups in total. The first-order valence-corrected chi connectivity index (χ1v) is 20.4. The van der Waals surface area contributed by atoms with Gasteiger partial charge in [0.1, 0.15) is 5.52 Å². The Bertz CT molecular complexity index is 3260. The zero-order valence-corrected chi connectivity index (χ0v) is 32.7. The van der Waals surface area contributed by atoms with Crippen molar-refractivity contribution in [3.8, 4) is 56.0 Å². The van der Waals surface area contributed by atoms with Gasteiger partial charge in [0.25, 0.3) is 0 Å². The molecule has 11 rings (SSSR count). The molecule has 0 amide bonds. The average Bonchev–Trinajstić information content (AvgIpc) is 3.78. The Kier molecular flexibility index (Phi) is 8.83. The highest BCUT2D eigenvalue weighted by molar-refractivity contribution is 6.09. The van der Waals surface area contributed by atoms with Crippen molar-refractivity contribution in [2.45, 2.75) is 0 Å². The summed E-state index contributed by atoms with van der Waals surface area (Å²) in [5.41, 5.74) is 15.3. The highest BCUT2D eigenvalue weighted by Crippen LogP contribution is 2.41. The minimum atomic E-state index is 0.621. The van der Waals surface area contributed by atoms with Gasteiger partial charge in [-0.3, -0.25) is 0 Å². The molecule has 1 heterocycles. The van der Waals surface area contributed by atoms with Crippen LogP contribution in [-0.2, 0) is 0 Å². The summed E-state index contributed by atoms with van der Waals surface area (Å²) in [6.07, 6.45) is 0. The third-order valence-corrected chi connectivity index (χ3v) is 11.5. The molecule has 10 aromatic carbocycles. The first-order valence-electron chi connectivity index (χ1n) is 20.4. The number of nitrogens with zero attached hydrogens (tertiary/aromatic N) is 2. The van der Waals surface area contributed by atoms with E-state index in [4.69, 9.17) is 9.40 Å². The van der Waals surface area contributed by atoms with Crippen LogP contribution < -0.4 is 4.90 Å². The van der Waals surface area contributed by atoms with Crippen LogP contribution in [0, 0.1) is 0 Å². The van der Waals surface area contributed by atoms with Gasteiger partial charge < -0.3 is 9.32 Å². The van der Waals surface area contributed by atoms with Crippen molar-refractivity contribution >= 4 is 49.7 Å². The fourth-order valence-corrected chi connectivity index (χ4v) is 8.48. The number of hydrogen-bond donors (Lipinski definition) is 0. The van der Waals surface area contributed by atoms with E-state index in [0.717, 1.165) is 55.6 Å². The van der Waals surface area contributed by atoms with Crippen LogP contribution in [-0.4, -0.2) is 4.98 Å². The van der Waals surface area contributed by atoms with Crippen LogP contribution >= 0.6 is 0 Å². The number of benzene rings is 10. The Balaban J connectivity index is 0.929. The van der Waals surface area contributed by atoms with Gasteiger partial charge >= 0.3 is 0 Å². The summed E-state index contributed by atoms with van der Waals surface area (Å²) < 4.78 is 6.56. The van der Waals surface area contributed by atoms with Gasteiger partial charge in [-0.1, -0.05) is 170 Å². The molecule has 11 aromatic rings. The third kappa shape index (κ3) is 6.49. The summed E-state index contributed by atoms with van der Waals surface area (Å²) >= 11 is 0. The largest absolute Gasteiger partial charge is 0.435 e. The van der Waals surface area contributed by atoms with Crippen LogP contribution in [0.15, 0.2) is 235 Å². The molecule has 3 heteroatoms. The van der Waals surface area contributed by atoms with E-state index in [2.05, 4.69) is 229 Å². The van der Waals surface area contributed by atoms with Crippen LogP contribution in [0.3, 0.4) is 0 Å². The van der Waals surface area contributed by atoms with Gasteiger partial charge in [-0.25, -0.2) is 4.98 Å². The van der Waals surface area contributed by atoms with E-state index < -0.39 is 0 Å². The maximum absolute atomic E-state index is 6.56. The molecule has 0 saturated heterocycles. The fraction of sp³-hybridized carbons (Fsp3) is 0. The lowest BCUT2D eigenvalue weighted by molar-refractivity contribution is 0.623. The van der Waals surface area contributed by atoms with Crippen molar-refractivity contribution in [1.82, 2.24) is 4.98 Å². The number of hydrogen-bond acceptors (Lipinski definition) is 3. The zero-order valence-electron chi connectivity index (χ0n) is 32.7. The highest BCUT2D eigenvalue weighted by atomic mass is 16.3. The topological polar surface area (TPSA) is 29.3 Å². The lowest BCUT2D eigenvalue weighted by Gasteiger charge is -2.26. The predicted molar refractivity (Wildman–Crippen MR) is 251 cm³/mol. The van der Waals surface area contributed by atoms with E-state index >= 15 is 0 Å². The van der Waals surface area contributed by atoms with E-state index in [-0.39, 0.29) is 0 Å². The van der Waals surface area contributed by atoms with Gasteiger partial charge in [-0.2, -0.15) is 0 Å². The van der Waals surface area contributed by atoms with Gasteiger partial charge in [-0.05, 0) is 121 Å². The summed E-state index contributed by atoms with van der Waals surface area (Å²) in [7, 11) is 0. The van der Waals surface area contributed by atoms with Crippen molar-refractivity contribution in [3.63, 3.8) is 0 Å². The number of rotatable bonds is 8. The second-order valence-electron chi connectivity index (χ2n) is 15.1. The Morgan fingerprint density at radius 1 is 0.317 bits per heavy atom. The lowest BCUT2D eigenvalue weighted by Crippen LogP contribution is -2.09. The number of fused-ring (bicyclic) bond motifs is 4. The van der Waals surface area contributed by atoms with Crippen LogP contribution in [0.25, 0.3) is 88.6 Å². The van der Waals surface area contributed by atoms with Gasteiger partial charge in [-0.15, -0.1) is 0 Å². The minimum Gasteiger partial charge on any atom is -0.435 e. The molecular formula is C57H38N2O. The maximum Gasteiger partial charge on any atom is 0.227 e. The van der Waals surface area contributed by atoms with Crippen LogP contribution in [0.5, 0.6) is 0 Å². The lowest BCUT2D eigenvalue weighted by atomic mass is 9.91. The smallest absolute Gasteiger partial charge is 0.227 e. The molecule has 0 atom stereocenters. The molecule has 282 valence electrons. The Labute approximate surface area is 349 Å². The predicted octanol–water partition coefficient (Wildman–Crippen LogP) is 15.9. The van der Waals surface area contributed by atoms with Gasteiger partial charge in [0, 0.05) is 28.0 Å². The summed E-state index contributed by atoms with van der Waals surface area (Å²) in [6.45, 7) is 0. The number of aromatic nitrogens is 1. The molecule has 1 aromatic heterocycles. The molecule has 0 aliphatic rings. The third-order valence-electron chi connectivity index (χ3n) is 11.5. The molecule has 0 bridgehead atoms. The van der Waals surface area contributed by atoms with E-state index in [1.807, 2.05) is 6.07 Å². The van der Waals surface area contributed by atoms with Crippen LogP contribution in [0.1, 0.15) is 0 Å². The van der Waals surface area contributed by atoms with Crippen molar-refractivity contribution in [2.75, 3.05) is 4.90 Å². The van der Waals surface area contributed by atoms with Crippen molar-refractivity contribution in [1.29, 1.82) is 0 Å². The molecule has 0 saturated carbocycles. The number of para-hydroxylation sites is 1. The fourth-order valence-electron chi connectivity index (χ4n) is 8.48. The van der Waals surface area contributed by atoms with Crippen molar-refractivity contribution in [3.05, 3.63) is 231 Å². The highest BCUT2D eigenvalue weighted by Gasteiger charge is 2.17. The number of anilines is 3. The van der Waals surface area contributed by atoms with Crippen LogP contribution in [0.4, 0.5) is 17.1 Å². The second kappa shape index (κ2) is 15.1. The molecule has 0 radical (unpaired) electrons. The zero-order chi connectivity index (χ0) is 39.8. The van der Waals surface area contributed by atoms with E-state index in [1.165, 1.54) is 44.2 Å². The summed E-state index contributed by atoms with van der Waals surface area (Å²) in [5, 5.41) is 4.57. The first kappa shape index (κ1) is 35.2. The molecule has 60 heavy (non-hydrogen) atoms. The van der Waals surface area contributed by atoms with E-state index in [9.17, 15) is 0 Å². The Hall–Kier alpha value is -8.01. The molecule has 0 unspecified atom stereocenters. The van der Waals surface area contributed by atoms with E-state index in [0.29, 0.717) is 5.89 Å². The average molecular weight is 767 g/mol. The Morgan fingerprint density at radius 3 is 1.35 bits per heavy atom. The standard InChI is InChI=1S/C57H38N2O/c1-4-12-39(13-5-1)41-20-23-45(24-21-41)57-58-55-37-30-44-22-25-46(38-54(44)56(55)60-57)51-36-35-50(52-18-10-11-19-53(51)52)43-28-33-49(34-29-43)59(47-16-8-3-9-17-47)48-31-26-42(27-32-48)40-14-6-2-7-15-40/h1-38H. The SMILES string of the molecule is c1ccc(-c2ccc(-c3nc4ccc5ccc(-c6ccc(-c7ccc(N(c8ccccc8)c8ccc(-c9ccccc9)cc8)cc7)c7ccccc67)cc5c4o3)cc2)cc1. The summed E-state index contributed by atoms with van der Waals surface area (Å²) in [4.78, 5) is 7.24. The van der Waals surface area contributed by atoms with Gasteiger partial charge in [0.2, 0.25) is 5.89 Å². The number of oxazole rings is 1. The molecule has 0 aliphatic carbocycles. The molecule has 0 spiro atoms. The Morgan fingerprint density at radius 2 is 0.750 bits per heavy atom.